The highest BCUT2D eigenvalue weighted by atomic mass is 32.1. The fraction of sp³-hybridized carbons (Fsp3) is 0.541. The van der Waals surface area contributed by atoms with E-state index in [0.29, 0.717) is 23.6 Å². The largest absolute Gasteiger partial charge is 0.425 e. The zero-order valence-electron chi connectivity index (χ0n) is 30.5. The highest BCUT2D eigenvalue weighted by Gasteiger charge is 2.29. The van der Waals surface area contributed by atoms with Crippen LogP contribution in [0.2, 0.25) is 0 Å². The summed E-state index contributed by atoms with van der Waals surface area (Å²) in [5, 5.41) is 18.7. The van der Waals surface area contributed by atoms with Crippen molar-refractivity contribution in [1.29, 1.82) is 0 Å². The molecule has 0 radical (unpaired) electrons. The summed E-state index contributed by atoms with van der Waals surface area (Å²) in [6, 6.07) is 5.69. The maximum absolute atomic E-state index is 5.45. The number of hydrogen-bond acceptors (Lipinski definition) is 9. The zero-order valence-corrected chi connectivity index (χ0v) is 31.4. The lowest BCUT2D eigenvalue weighted by Crippen LogP contribution is -1.90. The van der Waals surface area contributed by atoms with Crippen LogP contribution in [0.3, 0.4) is 0 Å². The molecule has 2 aliphatic rings. The molecule has 0 bridgehead atoms. The van der Waals surface area contributed by atoms with Crippen LogP contribution in [0.15, 0.2) is 66.0 Å². The van der Waals surface area contributed by atoms with Crippen LogP contribution in [0.4, 0.5) is 0 Å². The molecule has 6 rings (SSSR count). The summed E-state index contributed by atoms with van der Waals surface area (Å²) in [4.78, 5) is 12.5. The minimum absolute atomic E-state index is 0.356. The summed E-state index contributed by atoms with van der Waals surface area (Å²) in [6.07, 6.45) is 12.1. The van der Waals surface area contributed by atoms with Crippen molar-refractivity contribution in [2.24, 2.45) is 0 Å². The van der Waals surface area contributed by atoms with Gasteiger partial charge in [0.05, 0.1) is 0 Å². The van der Waals surface area contributed by atoms with Gasteiger partial charge >= 0.3 is 0 Å². The second kappa shape index (κ2) is 24.6. The standard InChI is InChI=1S/C10H9N3.C8H12N2O.C8H12N2S.C5H8.3C2H6/c1-8-6-12-10(13-7-8)9-4-2-3-5-11-9;2*1-5(2)7-9-10-8(11-7)6-3-4-6;1-4-5(2)3;3*1-2/h2-7H,1H3;2*5-6H,3-4H2,1-2H3;4H,1-2H2,3H3;3*1-2H3. The van der Waals surface area contributed by atoms with E-state index < -0.39 is 0 Å². The van der Waals surface area contributed by atoms with Gasteiger partial charge in [-0.3, -0.25) is 4.98 Å². The minimum Gasteiger partial charge on any atom is -0.425 e. The smallest absolute Gasteiger partial charge is 0.219 e. The van der Waals surface area contributed by atoms with Crippen LogP contribution < -0.4 is 0 Å². The molecule has 46 heavy (non-hydrogen) atoms. The van der Waals surface area contributed by atoms with Crippen molar-refractivity contribution in [3.63, 3.8) is 0 Å². The van der Waals surface area contributed by atoms with Crippen molar-refractivity contribution in [2.75, 3.05) is 0 Å². The summed E-state index contributed by atoms with van der Waals surface area (Å²) in [5.74, 6) is 4.52. The third kappa shape index (κ3) is 17.2. The van der Waals surface area contributed by atoms with Gasteiger partial charge in [-0.15, -0.1) is 31.7 Å². The summed E-state index contributed by atoms with van der Waals surface area (Å²) in [5.41, 5.74) is 2.88. The number of aryl methyl sites for hydroxylation is 1. The van der Waals surface area contributed by atoms with Crippen LogP contribution in [0.25, 0.3) is 11.5 Å². The van der Waals surface area contributed by atoms with Gasteiger partial charge in [0.1, 0.15) is 15.7 Å². The Hall–Kier alpha value is -3.59. The highest BCUT2D eigenvalue weighted by Crippen LogP contribution is 2.42. The third-order valence-electron chi connectivity index (χ3n) is 5.78. The average Bonchev–Trinajstić information content (AvgIpc) is 4.03. The van der Waals surface area contributed by atoms with E-state index in [1.54, 1.807) is 36.0 Å². The monoisotopic (exact) mass is 649 g/mol. The lowest BCUT2D eigenvalue weighted by Gasteiger charge is -1.97. The molecule has 0 spiro atoms. The lowest BCUT2D eigenvalue weighted by atomic mass is 10.2. The Morgan fingerprint density at radius 2 is 1.39 bits per heavy atom. The third-order valence-corrected chi connectivity index (χ3v) is 7.16. The SMILES string of the molecule is C=CC(=C)C.CC.CC.CC.CC(C)c1nnc(C2CC2)o1.CC(C)c1nnc(C2CC2)s1.Cc1cnc(-c2ccccn2)nc1. The van der Waals surface area contributed by atoms with Crippen molar-refractivity contribution in [1.82, 2.24) is 35.3 Å². The Kier molecular flexibility index (Phi) is 22.7. The fourth-order valence-electron chi connectivity index (χ4n) is 2.97. The number of aromatic nitrogens is 7. The highest BCUT2D eigenvalue weighted by molar-refractivity contribution is 7.11. The molecule has 0 amide bonds. The van der Waals surface area contributed by atoms with Crippen LogP contribution in [-0.2, 0) is 0 Å². The number of nitrogens with zero attached hydrogens (tertiary/aromatic N) is 7. The van der Waals surface area contributed by atoms with Crippen LogP contribution >= 0.6 is 11.3 Å². The molecule has 0 unspecified atom stereocenters. The average molecular weight is 650 g/mol. The fourth-order valence-corrected chi connectivity index (χ4v) is 3.99. The molecule has 0 atom stereocenters. The summed E-state index contributed by atoms with van der Waals surface area (Å²) in [6.45, 7) is 31.3. The number of pyridine rings is 1. The summed E-state index contributed by atoms with van der Waals surface area (Å²) >= 11 is 1.79. The molecule has 0 aromatic carbocycles. The topological polar surface area (TPSA) is 103 Å². The lowest BCUT2D eigenvalue weighted by molar-refractivity contribution is 0.433. The Labute approximate surface area is 283 Å². The van der Waals surface area contributed by atoms with Gasteiger partial charge in [0.25, 0.3) is 0 Å². The van der Waals surface area contributed by atoms with Gasteiger partial charge in [-0.2, -0.15) is 0 Å². The van der Waals surface area contributed by atoms with E-state index in [9.17, 15) is 0 Å². The van der Waals surface area contributed by atoms with Crippen molar-refractivity contribution >= 4 is 11.3 Å². The Balaban J connectivity index is 0.000000574. The Bertz CT molecular complexity index is 1240. The first-order chi connectivity index (χ1) is 22.2. The molecule has 2 fully saturated rings. The van der Waals surface area contributed by atoms with Crippen LogP contribution in [0.1, 0.15) is 153 Å². The molecule has 2 saturated carbocycles. The first-order valence-corrected chi connectivity index (χ1v) is 17.6. The predicted octanol–water partition coefficient (Wildman–Crippen LogP) is 11.3. The van der Waals surface area contributed by atoms with Crippen LogP contribution in [0.5, 0.6) is 0 Å². The van der Waals surface area contributed by atoms with E-state index >= 15 is 0 Å². The summed E-state index contributed by atoms with van der Waals surface area (Å²) < 4.78 is 5.45. The van der Waals surface area contributed by atoms with E-state index in [1.165, 1.54) is 35.7 Å². The Morgan fingerprint density at radius 3 is 1.78 bits per heavy atom. The molecule has 4 aromatic heterocycles. The van der Waals surface area contributed by atoms with Gasteiger partial charge in [0.15, 0.2) is 5.82 Å². The molecule has 4 aromatic rings. The van der Waals surface area contributed by atoms with Gasteiger partial charge < -0.3 is 4.42 Å². The second-order valence-corrected chi connectivity index (χ2v) is 11.7. The molecule has 4 heterocycles. The maximum atomic E-state index is 5.45. The molecule has 254 valence electrons. The van der Waals surface area contributed by atoms with Gasteiger partial charge in [-0.05, 0) is 57.2 Å². The zero-order chi connectivity index (χ0) is 35.1. The molecule has 2 aliphatic carbocycles. The van der Waals surface area contributed by atoms with E-state index in [4.69, 9.17) is 4.42 Å². The molecular formula is C37H59N7OS. The number of rotatable bonds is 6. The predicted molar refractivity (Wildman–Crippen MR) is 195 cm³/mol. The normalized spacial score (nSPS) is 12.4. The van der Waals surface area contributed by atoms with Crippen LogP contribution in [0, 0.1) is 6.92 Å². The van der Waals surface area contributed by atoms with Crippen LogP contribution in [-0.4, -0.2) is 35.3 Å². The van der Waals surface area contributed by atoms with Gasteiger partial charge in [0.2, 0.25) is 11.8 Å². The quantitative estimate of drug-likeness (QED) is 0.190. The van der Waals surface area contributed by atoms with Crippen molar-refractivity contribution in [3.8, 4) is 11.5 Å². The molecule has 0 saturated heterocycles. The van der Waals surface area contributed by atoms with Gasteiger partial charge in [-0.25, -0.2) is 9.97 Å². The van der Waals surface area contributed by atoms with Gasteiger partial charge in [-0.1, -0.05) is 100 Å². The summed E-state index contributed by atoms with van der Waals surface area (Å²) in [7, 11) is 0. The number of hydrogen-bond donors (Lipinski definition) is 0. The van der Waals surface area contributed by atoms with E-state index in [0.717, 1.165) is 34.5 Å². The maximum Gasteiger partial charge on any atom is 0.219 e. The molecule has 0 N–H and O–H groups in total. The molecular weight excluding hydrogens is 591 g/mol. The first kappa shape index (κ1) is 42.4. The van der Waals surface area contributed by atoms with Gasteiger partial charge in [0, 0.05) is 42.3 Å². The molecule has 0 aliphatic heterocycles. The van der Waals surface area contributed by atoms with Crippen molar-refractivity contribution < 1.29 is 4.42 Å². The molecule has 8 nitrogen and oxygen atoms in total. The number of allylic oxidation sites excluding steroid dienone is 2. The molecule has 9 heteroatoms. The van der Waals surface area contributed by atoms with E-state index in [1.807, 2.05) is 73.6 Å². The minimum atomic E-state index is 0.356. The van der Waals surface area contributed by atoms with E-state index in [2.05, 4.69) is 76.2 Å². The Morgan fingerprint density at radius 1 is 0.826 bits per heavy atom. The van der Waals surface area contributed by atoms with Crippen molar-refractivity contribution in [3.05, 3.63) is 89.0 Å². The first-order valence-electron chi connectivity index (χ1n) is 16.8. The van der Waals surface area contributed by atoms with E-state index in [-0.39, 0.29) is 0 Å². The van der Waals surface area contributed by atoms with Crippen molar-refractivity contribution in [2.45, 2.75) is 132 Å². The second-order valence-electron chi connectivity index (χ2n) is 10.7.